The lowest BCUT2D eigenvalue weighted by Crippen LogP contribution is -2.15. The molecule has 126 valence electrons. The van der Waals surface area contributed by atoms with Crippen molar-refractivity contribution in [3.8, 4) is 0 Å². The predicted molar refractivity (Wildman–Crippen MR) is 89.0 cm³/mol. The van der Waals surface area contributed by atoms with Crippen molar-refractivity contribution in [1.29, 1.82) is 0 Å². The molecule has 0 saturated heterocycles. The number of hydrogen-bond acceptors (Lipinski definition) is 6. The average Bonchev–Trinajstić information content (AvgIpc) is 3.19. The number of pyridine rings is 1. The zero-order valence-corrected chi connectivity index (χ0v) is 14.2. The Balaban J connectivity index is 2.05. The molecule has 8 heteroatoms. The second-order valence-corrected chi connectivity index (χ2v) is 5.83. The SMILES string of the molecule is CCc1cc(C(=O)Nc2n[nH]c(CC)n2)c2c(C(C)C)noc2n1. The summed E-state index contributed by atoms with van der Waals surface area (Å²) in [5.74, 6) is 0.779. The number of carbonyl (C=O) groups is 1. The van der Waals surface area contributed by atoms with E-state index in [0.717, 1.165) is 11.4 Å². The number of hydrogen-bond donors (Lipinski definition) is 2. The fourth-order valence-electron chi connectivity index (χ4n) is 2.46. The molecule has 0 aromatic carbocycles. The highest BCUT2D eigenvalue weighted by molar-refractivity contribution is 6.11. The van der Waals surface area contributed by atoms with Crippen LogP contribution in [0, 0.1) is 0 Å². The van der Waals surface area contributed by atoms with Crippen LogP contribution < -0.4 is 5.32 Å². The van der Waals surface area contributed by atoms with Gasteiger partial charge >= 0.3 is 0 Å². The minimum absolute atomic E-state index is 0.113. The van der Waals surface area contributed by atoms with Gasteiger partial charge in [0.05, 0.1) is 16.6 Å². The Morgan fingerprint density at radius 3 is 2.71 bits per heavy atom. The van der Waals surface area contributed by atoms with Gasteiger partial charge in [-0.2, -0.15) is 4.98 Å². The Morgan fingerprint density at radius 1 is 1.29 bits per heavy atom. The summed E-state index contributed by atoms with van der Waals surface area (Å²) in [6.45, 7) is 7.92. The molecule has 3 heterocycles. The van der Waals surface area contributed by atoms with Crippen LogP contribution in [0.2, 0.25) is 0 Å². The molecule has 0 aliphatic carbocycles. The highest BCUT2D eigenvalue weighted by atomic mass is 16.5. The first-order valence-corrected chi connectivity index (χ1v) is 8.05. The number of carbonyl (C=O) groups excluding carboxylic acids is 1. The van der Waals surface area contributed by atoms with E-state index in [2.05, 4.69) is 30.6 Å². The lowest BCUT2D eigenvalue weighted by molar-refractivity contribution is 0.102. The van der Waals surface area contributed by atoms with Gasteiger partial charge in [0.2, 0.25) is 5.95 Å². The van der Waals surface area contributed by atoms with E-state index in [1.807, 2.05) is 27.7 Å². The molecule has 0 radical (unpaired) electrons. The number of amides is 1. The fraction of sp³-hybridized carbons (Fsp3) is 0.438. The Bertz CT molecular complexity index is 880. The van der Waals surface area contributed by atoms with Crippen molar-refractivity contribution >= 4 is 23.0 Å². The standard InChI is InChI=1S/C16H20N6O2/c1-5-9-7-10(12-13(8(3)4)22-24-15(12)17-9)14(23)19-16-18-11(6-2)20-21-16/h7-8H,5-6H2,1-4H3,(H2,18,19,20,21,23). The van der Waals surface area contributed by atoms with Gasteiger partial charge in [0, 0.05) is 12.1 Å². The molecule has 0 unspecified atom stereocenters. The first kappa shape index (κ1) is 16.1. The van der Waals surface area contributed by atoms with Crippen LogP contribution >= 0.6 is 0 Å². The second kappa shape index (κ2) is 6.38. The van der Waals surface area contributed by atoms with E-state index in [1.165, 1.54) is 0 Å². The van der Waals surface area contributed by atoms with Crippen molar-refractivity contribution in [2.24, 2.45) is 0 Å². The van der Waals surface area contributed by atoms with Crippen LogP contribution in [0.5, 0.6) is 0 Å². The average molecular weight is 328 g/mol. The number of nitrogens with one attached hydrogen (secondary N) is 2. The van der Waals surface area contributed by atoms with Crippen molar-refractivity contribution in [2.45, 2.75) is 46.5 Å². The van der Waals surface area contributed by atoms with Gasteiger partial charge in [-0.05, 0) is 18.4 Å². The number of rotatable bonds is 5. The van der Waals surface area contributed by atoms with Crippen molar-refractivity contribution < 1.29 is 9.32 Å². The monoisotopic (exact) mass is 328 g/mol. The van der Waals surface area contributed by atoms with Crippen LogP contribution in [0.4, 0.5) is 5.95 Å². The topological polar surface area (TPSA) is 110 Å². The summed E-state index contributed by atoms with van der Waals surface area (Å²) in [7, 11) is 0. The van der Waals surface area contributed by atoms with Crippen LogP contribution in [-0.4, -0.2) is 31.2 Å². The number of aromatic amines is 1. The Hall–Kier alpha value is -2.77. The molecule has 0 aliphatic heterocycles. The number of nitrogens with zero attached hydrogens (tertiary/aromatic N) is 4. The molecule has 2 N–H and O–H groups in total. The van der Waals surface area contributed by atoms with E-state index in [1.54, 1.807) is 6.07 Å². The summed E-state index contributed by atoms with van der Waals surface area (Å²) in [6.07, 6.45) is 1.40. The third kappa shape index (κ3) is 2.86. The molecule has 0 spiro atoms. The molecular weight excluding hydrogens is 308 g/mol. The van der Waals surface area contributed by atoms with Gasteiger partial charge in [0.1, 0.15) is 5.82 Å². The first-order valence-electron chi connectivity index (χ1n) is 8.05. The molecule has 0 aliphatic rings. The number of fused-ring (bicyclic) bond motifs is 1. The minimum Gasteiger partial charge on any atom is -0.335 e. The molecule has 0 fully saturated rings. The van der Waals surface area contributed by atoms with Gasteiger partial charge in [-0.1, -0.05) is 32.9 Å². The molecular formula is C16H20N6O2. The van der Waals surface area contributed by atoms with Gasteiger partial charge in [-0.3, -0.25) is 15.2 Å². The van der Waals surface area contributed by atoms with E-state index in [9.17, 15) is 4.79 Å². The smallest absolute Gasteiger partial charge is 0.259 e. The molecule has 0 bridgehead atoms. The van der Waals surface area contributed by atoms with Crippen molar-refractivity contribution in [1.82, 2.24) is 25.3 Å². The van der Waals surface area contributed by atoms with E-state index < -0.39 is 0 Å². The lowest BCUT2D eigenvalue weighted by atomic mass is 10.0. The van der Waals surface area contributed by atoms with Crippen LogP contribution in [0.3, 0.4) is 0 Å². The number of aryl methyl sites for hydroxylation is 2. The van der Waals surface area contributed by atoms with Gasteiger partial charge in [0.15, 0.2) is 0 Å². The maximum atomic E-state index is 12.8. The minimum atomic E-state index is -0.302. The molecule has 1 amide bonds. The van der Waals surface area contributed by atoms with Crippen LogP contribution in [0.25, 0.3) is 11.1 Å². The first-order chi connectivity index (χ1) is 11.5. The van der Waals surface area contributed by atoms with Gasteiger partial charge in [-0.15, -0.1) is 5.10 Å². The normalized spacial score (nSPS) is 11.4. The van der Waals surface area contributed by atoms with Gasteiger partial charge in [-0.25, -0.2) is 4.98 Å². The van der Waals surface area contributed by atoms with Crippen molar-refractivity contribution in [2.75, 3.05) is 5.32 Å². The predicted octanol–water partition coefficient (Wildman–Crippen LogP) is 2.84. The molecule has 3 aromatic heterocycles. The largest absolute Gasteiger partial charge is 0.335 e. The van der Waals surface area contributed by atoms with E-state index in [-0.39, 0.29) is 17.8 Å². The Labute approximate surface area is 139 Å². The zero-order valence-electron chi connectivity index (χ0n) is 14.2. The van der Waals surface area contributed by atoms with Gasteiger partial charge < -0.3 is 4.52 Å². The third-order valence-corrected chi connectivity index (χ3v) is 3.77. The summed E-state index contributed by atoms with van der Waals surface area (Å²) in [4.78, 5) is 21.4. The number of H-pyrrole nitrogens is 1. The summed E-state index contributed by atoms with van der Waals surface area (Å²) < 4.78 is 5.34. The van der Waals surface area contributed by atoms with Gasteiger partial charge in [0.25, 0.3) is 11.6 Å². The summed E-state index contributed by atoms with van der Waals surface area (Å²) >= 11 is 0. The number of aromatic nitrogens is 5. The zero-order chi connectivity index (χ0) is 17.3. The molecule has 0 atom stereocenters. The van der Waals surface area contributed by atoms with Crippen LogP contribution in [-0.2, 0) is 12.8 Å². The maximum Gasteiger partial charge on any atom is 0.259 e. The van der Waals surface area contributed by atoms with Crippen molar-refractivity contribution in [3.63, 3.8) is 0 Å². The van der Waals surface area contributed by atoms with Crippen LogP contribution in [0.1, 0.15) is 61.2 Å². The van der Waals surface area contributed by atoms with Crippen LogP contribution in [0.15, 0.2) is 10.6 Å². The Kier molecular flexibility index (Phi) is 4.28. The van der Waals surface area contributed by atoms with E-state index >= 15 is 0 Å². The molecule has 8 nitrogen and oxygen atoms in total. The summed E-state index contributed by atoms with van der Waals surface area (Å²) in [5.41, 5.74) is 2.34. The lowest BCUT2D eigenvalue weighted by Gasteiger charge is -2.07. The molecule has 3 rings (SSSR count). The van der Waals surface area contributed by atoms with Crippen molar-refractivity contribution in [3.05, 3.63) is 28.8 Å². The second-order valence-electron chi connectivity index (χ2n) is 5.83. The highest BCUT2D eigenvalue weighted by Crippen LogP contribution is 2.28. The van der Waals surface area contributed by atoms with E-state index in [4.69, 9.17) is 4.52 Å². The molecule has 24 heavy (non-hydrogen) atoms. The molecule has 0 saturated carbocycles. The highest BCUT2D eigenvalue weighted by Gasteiger charge is 2.22. The molecule has 3 aromatic rings. The third-order valence-electron chi connectivity index (χ3n) is 3.77. The quantitative estimate of drug-likeness (QED) is 0.745. The maximum absolute atomic E-state index is 12.8. The van der Waals surface area contributed by atoms with E-state index in [0.29, 0.717) is 35.3 Å². The fourth-order valence-corrected chi connectivity index (χ4v) is 2.46. The number of anilines is 1. The summed E-state index contributed by atoms with van der Waals surface area (Å²) in [5, 5.41) is 14.2. The Morgan fingerprint density at radius 2 is 2.08 bits per heavy atom. The summed E-state index contributed by atoms with van der Waals surface area (Å²) in [6, 6.07) is 1.77.